The van der Waals surface area contributed by atoms with Gasteiger partial charge in [-0.05, 0) is 31.5 Å². The number of guanidine groups is 1. The Bertz CT molecular complexity index is 455. The van der Waals surface area contributed by atoms with Gasteiger partial charge in [0, 0.05) is 12.6 Å². The molecule has 0 bridgehead atoms. The fourth-order valence-corrected chi connectivity index (χ4v) is 2.79. The maximum Gasteiger partial charge on any atom is 0.188 e. The maximum absolute atomic E-state index is 5.90. The fourth-order valence-electron chi connectivity index (χ4n) is 2.79. The average Bonchev–Trinajstić information content (AvgIpc) is 3.01. The molecule has 1 fully saturated rings. The first-order chi connectivity index (χ1) is 10.8. The van der Waals surface area contributed by atoms with E-state index in [-0.39, 0.29) is 24.0 Å². The van der Waals surface area contributed by atoms with Crippen molar-refractivity contribution in [3.63, 3.8) is 0 Å². The third-order valence-corrected chi connectivity index (χ3v) is 4.04. The predicted octanol–water partition coefficient (Wildman–Crippen LogP) is 2.21. The van der Waals surface area contributed by atoms with E-state index in [1.165, 1.54) is 24.9 Å². The van der Waals surface area contributed by atoms with E-state index in [1.807, 2.05) is 18.2 Å². The molecule has 23 heavy (non-hydrogen) atoms. The van der Waals surface area contributed by atoms with Crippen molar-refractivity contribution in [2.45, 2.75) is 32.4 Å². The van der Waals surface area contributed by atoms with Crippen LogP contribution in [0.1, 0.15) is 25.3 Å². The molecule has 0 saturated carbocycles. The SMILES string of the molecule is CCN1CCCC1CN=C(N)NCCOCc1ccccc1.I. The predicted molar refractivity (Wildman–Crippen MR) is 106 cm³/mol. The van der Waals surface area contributed by atoms with Crippen molar-refractivity contribution in [1.82, 2.24) is 10.2 Å². The lowest BCUT2D eigenvalue weighted by Gasteiger charge is -2.20. The van der Waals surface area contributed by atoms with E-state index in [0.29, 0.717) is 31.8 Å². The van der Waals surface area contributed by atoms with Crippen LogP contribution in [-0.4, -0.2) is 49.7 Å². The summed E-state index contributed by atoms with van der Waals surface area (Å²) in [5, 5.41) is 3.11. The molecule has 130 valence electrons. The van der Waals surface area contributed by atoms with Crippen LogP contribution in [0.4, 0.5) is 0 Å². The molecule has 2 rings (SSSR count). The van der Waals surface area contributed by atoms with Gasteiger partial charge in [0.25, 0.3) is 0 Å². The summed E-state index contributed by atoms with van der Waals surface area (Å²) in [7, 11) is 0. The van der Waals surface area contributed by atoms with Crippen molar-refractivity contribution in [1.29, 1.82) is 0 Å². The Morgan fingerprint density at radius 1 is 1.39 bits per heavy atom. The molecule has 1 aromatic carbocycles. The van der Waals surface area contributed by atoms with Crippen molar-refractivity contribution >= 4 is 29.9 Å². The second-order valence-electron chi connectivity index (χ2n) is 5.62. The van der Waals surface area contributed by atoms with Gasteiger partial charge in [-0.1, -0.05) is 37.3 Å². The first-order valence-electron chi connectivity index (χ1n) is 8.19. The molecular weight excluding hydrogens is 403 g/mol. The Labute approximate surface area is 156 Å². The van der Waals surface area contributed by atoms with E-state index >= 15 is 0 Å². The second-order valence-corrected chi connectivity index (χ2v) is 5.62. The summed E-state index contributed by atoms with van der Waals surface area (Å²) < 4.78 is 5.60. The van der Waals surface area contributed by atoms with E-state index in [2.05, 4.69) is 34.3 Å². The Hall–Kier alpha value is -0.860. The van der Waals surface area contributed by atoms with Crippen molar-refractivity contribution in [3.8, 4) is 0 Å². The lowest BCUT2D eigenvalue weighted by Crippen LogP contribution is -2.37. The highest BCUT2D eigenvalue weighted by Crippen LogP contribution is 2.16. The minimum absolute atomic E-state index is 0. The van der Waals surface area contributed by atoms with Crippen molar-refractivity contribution in [2.75, 3.05) is 32.8 Å². The van der Waals surface area contributed by atoms with Gasteiger partial charge in [0.1, 0.15) is 0 Å². The van der Waals surface area contributed by atoms with Crippen molar-refractivity contribution in [2.24, 2.45) is 10.7 Å². The van der Waals surface area contributed by atoms with Gasteiger partial charge in [0.05, 0.1) is 19.8 Å². The highest BCUT2D eigenvalue weighted by molar-refractivity contribution is 14.0. The number of nitrogens with zero attached hydrogens (tertiary/aromatic N) is 2. The van der Waals surface area contributed by atoms with Crippen LogP contribution in [0.2, 0.25) is 0 Å². The van der Waals surface area contributed by atoms with Crippen LogP contribution in [0.15, 0.2) is 35.3 Å². The van der Waals surface area contributed by atoms with E-state index in [4.69, 9.17) is 10.5 Å². The van der Waals surface area contributed by atoms with E-state index in [9.17, 15) is 0 Å². The molecule has 1 aliphatic rings. The van der Waals surface area contributed by atoms with Crippen LogP contribution < -0.4 is 11.1 Å². The molecule has 1 unspecified atom stereocenters. The van der Waals surface area contributed by atoms with Crippen LogP contribution in [0, 0.1) is 0 Å². The fraction of sp³-hybridized carbons (Fsp3) is 0.588. The van der Waals surface area contributed by atoms with Crippen LogP contribution in [-0.2, 0) is 11.3 Å². The van der Waals surface area contributed by atoms with Crippen molar-refractivity contribution in [3.05, 3.63) is 35.9 Å². The minimum atomic E-state index is 0. The molecule has 0 amide bonds. The van der Waals surface area contributed by atoms with E-state index < -0.39 is 0 Å². The molecule has 1 aliphatic heterocycles. The van der Waals surface area contributed by atoms with Crippen molar-refractivity contribution < 1.29 is 4.74 Å². The van der Waals surface area contributed by atoms with Crippen LogP contribution in [0.5, 0.6) is 0 Å². The Morgan fingerprint density at radius 2 is 2.17 bits per heavy atom. The largest absolute Gasteiger partial charge is 0.375 e. The van der Waals surface area contributed by atoms with Gasteiger partial charge in [-0.3, -0.25) is 9.89 Å². The summed E-state index contributed by atoms with van der Waals surface area (Å²) in [6.07, 6.45) is 2.50. The van der Waals surface area contributed by atoms with E-state index in [1.54, 1.807) is 0 Å². The second kappa shape index (κ2) is 11.6. The molecule has 3 N–H and O–H groups in total. The summed E-state index contributed by atoms with van der Waals surface area (Å²) in [4.78, 5) is 6.92. The normalized spacial score (nSPS) is 18.7. The van der Waals surface area contributed by atoms with Gasteiger partial charge >= 0.3 is 0 Å². The molecule has 1 atom stereocenters. The Kier molecular flexibility index (Phi) is 10.2. The zero-order valence-electron chi connectivity index (χ0n) is 13.9. The Balaban J connectivity index is 0.00000264. The molecule has 0 aromatic heterocycles. The molecule has 5 nitrogen and oxygen atoms in total. The number of likely N-dealkylation sites (N-methyl/N-ethyl adjacent to an activating group) is 1. The number of nitrogens with one attached hydrogen (secondary N) is 1. The third-order valence-electron chi connectivity index (χ3n) is 4.04. The number of rotatable bonds is 8. The minimum Gasteiger partial charge on any atom is -0.375 e. The summed E-state index contributed by atoms with van der Waals surface area (Å²) in [5.74, 6) is 0.520. The zero-order chi connectivity index (χ0) is 15.6. The third kappa shape index (κ3) is 7.50. The van der Waals surface area contributed by atoms with Gasteiger partial charge in [-0.15, -0.1) is 24.0 Å². The zero-order valence-corrected chi connectivity index (χ0v) is 16.2. The monoisotopic (exact) mass is 432 g/mol. The first kappa shape index (κ1) is 20.2. The van der Waals surface area contributed by atoms with Gasteiger partial charge < -0.3 is 15.8 Å². The number of aliphatic imine (C=N–C) groups is 1. The summed E-state index contributed by atoms with van der Waals surface area (Å²) in [6, 6.07) is 10.7. The first-order valence-corrected chi connectivity index (χ1v) is 8.19. The Morgan fingerprint density at radius 3 is 2.91 bits per heavy atom. The highest BCUT2D eigenvalue weighted by Gasteiger charge is 2.22. The van der Waals surface area contributed by atoms with Gasteiger partial charge in [0.15, 0.2) is 5.96 Å². The quantitative estimate of drug-likeness (QED) is 0.286. The average molecular weight is 432 g/mol. The number of likely N-dealkylation sites (tertiary alicyclic amines) is 1. The standard InChI is InChI=1S/C17H28N4O.HI/c1-2-21-11-6-9-16(21)13-20-17(18)19-10-12-22-14-15-7-4-3-5-8-15;/h3-5,7-8,16H,2,6,9-14H2,1H3,(H3,18,19,20);1H. The molecule has 0 aliphatic carbocycles. The maximum atomic E-state index is 5.90. The lowest BCUT2D eigenvalue weighted by atomic mass is 10.2. The van der Waals surface area contributed by atoms with Crippen LogP contribution in [0.3, 0.4) is 0 Å². The number of benzene rings is 1. The number of hydrogen-bond acceptors (Lipinski definition) is 3. The molecule has 6 heteroatoms. The number of nitrogens with two attached hydrogens (primary N) is 1. The number of hydrogen-bond donors (Lipinski definition) is 2. The summed E-state index contributed by atoms with van der Waals surface area (Å²) >= 11 is 0. The number of halogens is 1. The highest BCUT2D eigenvalue weighted by atomic mass is 127. The summed E-state index contributed by atoms with van der Waals surface area (Å²) in [6.45, 7) is 7.22. The molecular formula is C17H29IN4O. The lowest BCUT2D eigenvalue weighted by molar-refractivity contribution is 0.125. The van der Waals surface area contributed by atoms with E-state index in [0.717, 1.165) is 13.1 Å². The van der Waals surface area contributed by atoms with Gasteiger partial charge in [0.2, 0.25) is 0 Å². The smallest absolute Gasteiger partial charge is 0.188 e. The van der Waals surface area contributed by atoms with Crippen LogP contribution in [0.25, 0.3) is 0 Å². The molecule has 1 saturated heterocycles. The molecule has 0 radical (unpaired) electrons. The topological polar surface area (TPSA) is 62.9 Å². The summed E-state index contributed by atoms with van der Waals surface area (Å²) in [5.41, 5.74) is 7.08. The van der Waals surface area contributed by atoms with Gasteiger partial charge in [-0.25, -0.2) is 0 Å². The van der Waals surface area contributed by atoms with Gasteiger partial charge in [-0.2, -0.15) is 0 Å². The molecule has 1 aromatic rings. The molecule has 0 spiro atoms. The molecule has 1 heterocycles. The number of ether oxygens (including phenoxy) is 1. The van der Waals surface area contributed by atoms with Crippen LogP contribution >= 0.6 is 24.0 Å².